The highest BCUT2D eigenvalue weighted by atomic mass is 16.5. The number of hydrogen-bond donors (Lipinski definition) is 2. The van der Waals surface area contributed by atoms with Gasteiger partial charge in [-0.1, -0.05) is 0 Å². The second-order valence-electron chi connectivity index (χ2n) is 6.01. The number of carbonyl (C=O) groups is 3. The Kier molecular flexibility index (Phi) is 6.94. The average Bonchev–Trinajstić information content (AvgIpc) is 2.62. The van der Waals surface area contributed by atoms with Crippen LogP contribution in [0, 0.1) is 5.92 Å². The molecule has 0 unspecified atom stereocenters. The first-order chi connectivity index (χ1) is 12.0. The van der Waals surface area contributed by atoms with Crippen molar-refractivity contribution in [1.29, 1.82) is 0 Å². The molecule has 0 bridgehead atoms. The van der Waals surface area contributed by atoms with Gasteiger partial charge in [0.05, 0.1) is 19.1 Å². The number of likely N-dealkylation sites (tertiary alicyclic amines) is 1. The van der Waals surface area contributed by atoms with E-state index in [0.29, 0.717) is 43.8 Å². The predicted molar refractivity (Wildman–Crippen MR) is 94.3 cm³/mol. The van der Waals surface area contributed by atoms with Crippen LogP contribution in [0.5, 0.6) is 0 Å². The molecule has 1 heterocycles. The molecule has 0 atom stereocenters. The number of rotatable bonds is 6. The second kappa shape index (κ2) is 9.17. The van der Waals surface area contributed by atoms with Gasteiger partial charge in [-0.2, -0.15) is 0 Å². The molecule has 0 saturated carbocycles. The van der Waals surface area contributed by atoms with Gasteiger partial charge >= 0.3 is 5.97 Å². The fourth-order valence-corrected chi connectivity index (χ4v) is 2.84. The Bertz CT molecular complexity index is 607. The minimum atomic E-state index is -0.164. The summed E-state index contributed by atoms with van der Waals surface area (Å²) in [5.41, 5.74) is 1.19. The molecule has 1 aliphatic rings. The van der Waals surface area contributed by atoms with Crippen molar-refractivity contribution in [3.63, 3.8) is 0 Å². The van der Waals surface area contributed by atoms with Crippen molar-refractivity contribution >= 4 is 23.5 Å². The van der Waals surface area contributed by atoms with Gasteiger partial charge in [0.25, 0.3) is 5.91 Å². The largest absolute Gasteiger partial charge is 0.466 e. The van der Waals surface area contributed by atoms with Crippen molar-refractivity contribution in [3.05, 3.63) is 29.8 Å². The van der Waals surface area contributed by atoms with Crippen molar-refractivity contribution in [2.75, 3.05) is 38.6 Å². The van der Waals surface area contributed by atoms with Gasteiger partial charge in [-0.05, 0) is 57.1 Å². The molecule has 7 heteroatoms. The van der Waals surface area contributed by atoms with Crippen LogP contribution < -0.4 is 10.6 Å². The molecule has 1 aromatic carbocycles. The van der Waals surface area contributed by atoms with Crippen LogP contribution in [0.3, 0.4) is 0 Å². The molecule has 1 fully saturated rings. The summed E-state index contributed by atoms with van der Waals surface area (Å²) < 4.78 is 5.05. The fourth-order valence-electron chi connectivity index (χ4n) is 2.84. The maximum atomic E-state index is 12.1. The van der Waals surface area contributed by atoms with Crippen molar-refractivity contribution in [2.24, 2.45) is 5.92 Å². The zero-order chi connectivity index (χ0) is 18.2. The molecule has 2 rings (SSSR count). The van der Waals surface area contributed by atoms with E-state index in [1.807, 2.05) is 4.90 Å². The predicted octanol–water partition coefficient (Wildman–Crippen LogP) is 1.26. The Morgan fingerprint density at radius 2 is 1.80 bits per heavy atom. The third kappa shape index (κ3) is 5.56. The Morgan fingerprint density at radius 1 is 1.16 bits per heavy atom. The lowest BCUT2D eigenvalue weighted by molar-refractivity contribution is -0.149. The minimum absolute atomic E-state index is 0.0588. The fraction of sp³-hybridized carbons (Fsp3) is 0.500. The molecule has 1 aliphatic heterocycles. The van der Waals surface area contributed by atoms with Crippen LogP contribution in [-0.4, -0.2) is 56.0 Å². The standard InChI is InChI=1S/C18H25N3O4/c1-3-25-18(24)14-8-10-21(11-9-14)12-16(22)20-15-6-4-13(5-7-15)17(23)19-2/h4-7,14H,3,8-12H2,1-2H3,(H,19,23)(H,20,22). The van der Waals surface area contributed by atoms with E-state index in [9.17, 15) is 14.4 Å². The summed E-state index contributed by atoms with van der Waals surface area (Å²) in [7, 11) is 1.57. The van der Waals surface area contributed by atoms with Gasteiger partial charge in [0.2, 0.25) is 5.91 Å². The van der Waals surface area contributed by atoms with E-state index in [2.05, 4.69) is 10.6 Å². The monoisotopic (exact) mass is 347 g/mol. The van der Waals surface area contributed by atoms with E-state index >= 15 is 0 Å². The Hall–Kier alpha value is -2.41. The van der Waals surface area contributed by atoms with Crippen LogP contribution in [0.4, 0.5) is 5.69 Å². The summed E-state index contributed by atoms with van der Waals surface area (Å²) in [5.74, 6) is -0.469. The Labute approximate surface area is 147 Å². The first-order valence-corrected chi connectivity index (χ1v) is 8.54. The molecule has 0 aliphatic carbocycles. The molecule has 25 heavy (non-hydrogen) atoms. The summed E-state index contributed by atoms with van der Waals surface area (Å²) in [6.45, 7) is 3.89. The molecule has 7 nitrogen and oxygen atoms in total. The highest BCUT2D eigenvalue weighted by molar-refractivity contribution is 5.96. The average molecular weight is 347 g/mol. The quantitative estimate of drug-likeness (QED) is 0.757. The molecule has 1 saturated heterocycles. The van der Waals surface area contributed by atoms with Crippen molar-refractivity contribution in [3.8, 4) is 0 Å². The van der Waals surface area contributed by atoms with Crippen LogP contribution in [0.25, 0.3) is 0 Å². The van der Waals surface area contributed by atoms with E-state index in [-0.39, 0.29) is 30.2 Å². The molecular weight excluding hydrogens is 322 g/mol. The summed E-state index contributed by atoms with van der Waals surface area (Å²) in [6, 6.07) is 6.74. The van der Waals surface area contributed by atoms with Crippen LogP contribution >= 0.6 is 0 Å². The van der Waals surface area contributed by atoms with Crippen molar-refractivity contribution in [2.45, 2.75) is 19.8 Å². The zero-order valence-electron chi connectivity index (χ0n) is 14.7. The van der Waals surface area contributed by atoms with Gasteiger partial charge < -0.3 is 15.4 Å². The first kappa shape index (κ1) is 18.9. The number of piperidine rings is 1. The van der Waals surface area contributed by atoms with Crippen LogP contribution in [-0.2, 0) is 14.3 Å². The lowest BCUT2D eigenvalue weighted by Gasteiger charge is -2.30. The Balaban J connectivity index is 1.77. The molecule has 0 radical (unpaired) electrons. The minimum Gasteiger partial charge on any atom is -0.466 e. The third-order valence-electron chi connectivity index (χ3n) is 4.23. The molecule has 0 spiro atoms. The lowest BCUT2D eigenvalue weighted by atomic mass is 9.97. The smallest absolute Gasteiger partial charge is 0.309 e. The highest BCUT2D eigenvalue weighted by Crippen LogP contribution is 2.18. The summed E-state index contributed by atoms with van der Waals surface area (Å²) in [4.78, 5) is 37.4. The van der Waals surface area contributed by atoms with E-state index in [0.717, 1.165) is 0 Å². The molecule has 2 N–H and O–H groups in total. The van der Waals surface area contributed by atoms with Crippen molar-refractivity contribution in [1.82, 2.24) is 10.2 Å². The number of ether oxygens (including phenoxy) is 1. The topological polar surface area (TPSA) is 87.7 Å². The number of benzene rings is 1. The molecule has 0 aromatic heterocycles. The van der Waals surface area contributed by atoms with Gasteiger partial charge in [0.15, 0.2) is 0 Å². The number of hydrogen-bond acceptors (Lipinski definition) is 5. The summed E-state index contributed by atoms with van der Waals surface area (Å²) >= 11 is 0. The van der Waals surface area contributed by atoms with Gasteiger partial charge in [0, 0.05) is 18.3 Å². The summed E-state index contributed by atoms with van der Waals surface area (Å²) in [5, 5.41) is 5.37. The first-order valence-electron chi connectivity index (χ1n) is 8.54. The number of carbonyl (C=O) groups excluding carboxylic acids is 3. The number of nitrogens with zero attached hydrogens (tertiary/aromatic N) is 1. The maximum absolute atomic E-state index is 12.1. The van der Waals surface area contributed by atoms with Gasteiger partial charge in [-0.3, -0.25) is 19.3 Å². The van der Waals surface area contributed by atoms with Crippen LogP contribution in [0.2, 0.25) is 0 Å². The van der Waals surface area contributed by atoms with Gasteiger partial charge in [-0.15, -0.1) is 0 Å². The molecule has 2 amide bonds. The summed E-state index contributed by atoms with van der Waals surface area (Å²) in [6.07, 6.45) is 1.43. The normalized spacial score (nSPS) is 15.4. The van der Waals surface area contributed by atoms with Crippen LogP contribution in [0.1, 0.15) is 30.1 Å². The SMILES string of the molecule is CCOC(=O)C1CCN(CC(=O)Nc2ccc(C(=O)NC)cc2)CC1. The van der Waals surface area contributed by atoms with E-state index in [1.54, 1.807) is 38.2 Å². The second-order valence-corrected chi connectivity index (χ2v) is 6.01. The number of nitrogens with one attached hydrogen (secondary N) is 2. The molecule has 136 valence electrons. The molecule has 1 aromatic rings. The molecular formula is C18H25N3O4. The maximum Gasteiger partial charge on any atom is 0.309 e. The van der Waals surface area contributed by atoms with Crippen LogP contribution in [0.15, 0.2) is 24.3 Å². The number of amides is 2. The lowest BCUT2D eigenvalue weighted by Crippen LogP contribution is -2.41. The van der Waals surface area contributed by atoms with E-state index < -0.39 is 0 Å². The number of esters is 1. The van der Waals surface area contributed by atoms with Gasteiger partial charge in [0.1, 0.15) is 0 Å². The van der Waals surface area contributed by atoms with Crippen molar-refractivity contribution < 1.29 is 19.1 Å². The third-order valence-corrected chi connectivity index (χ3v) is 4.23. The zero-order valence-corrected chi connectivity index (χ0v) is 14.7. The highest BCUT2D eigenvalue weighted by Gasteiger charge is 2.26. The van der Waals surface area contributed by atoms with E-state index in [1.165, 1.54) is 0 Å². The number of anilines is 1. The van der Waals surface area contributed by atoms with Gasteiger partial charge in [-0.25, -0.2) is 0 Å². The Morgan fingerprint density at radius 3 is 2.36 bits per heavy atom. The van der Waals surface area contributed by atoms with E-state index in [4.69, 9.17) is 4.74 Å².